The summed E-state index contributed by atoms with van der Waals surface area (Å²) >= 11 is 16.2. The highest BCUT2D eigenvalue weighted by molar-refractivity contribution is 9.10. The topological polar surface area (TPSA) is 63.1 Å². The Balaban J connectivity index is 1.37. The van der Waals surface area contributed by atoms with E-state index in [0.29, 0.717) is 42.5 Å². The largest absolute Gasteiger partial charge is 0.324 e. The van der Waals surface area contributed by atoms with Crippen LogP contribution in [0.1, 0.15) is 24.0 Å². The summed E-state index contributed by atoms with van der Waals surface area (Å²) < 4.78 is 2.05. The van der Waals surface area contributed by atoms with Gasteiger partial charge in [-0.1, -0.05) is 35.3 Å². The average molecular weight is 557 g/mol. The summed E-state index contributed by atoms with van der Waals surface area (Å²) in [5, 5.41) is 4.43. The van der Waals surface area contributed by atoms with E-state index in [9.17, 15) is 4.79 Å². The summed E-state index contributed by atoms with van der Waals surface area (Å²) in [5.41, 5.74) is 4.72. The number of hydrogen-bond acceptors (Lipinski definition) is 5. The zero-order chi connectivity index (χ0) is 23.6. The lowest BCUT2D eigenvalue weighted by Crippen LogP contribution is -2.35. The molecule has 3 heterocycles. The third-order valence-corrected chi connectivity index (χ3v) is 7.87. The van der Waals surface area contributed by atoms with E-state index in [2.05, 4.69) is 61.4 Å². The van der Waals surface area contributed by atoms with Crippen molar-refractivity contribution < 1.29 is 0 Å². The quantitative estimate of drug-likeness (QED) is 0.332. The maximum atomic E-state index is 13.2. The van der Waals surface area contributed by atoms with Gasteiger partial charge in [-0.2, -0.15) is 0 Å². The van der Waals surface area contributed by atoms with Gasteiger partial charge < -0.3 is 10.2 Å². The van der Waals surface area contributed by atoms with E-state index in [1.165, 1.54) is 34.7 Å². The highest BCUT2D eigenvalue weighted by atomic mass is 79.9. The standard InChI is InChI=1S/C25H20BrCl2N5O/c1-32-11-14-9-15(5-6-17(14)25(13-32)7-8-25)30-24-29-10-16-21(31-24)18(26)12-33(23(16)34)22-19(27)3-2-4-20(22)28/h2-6,9-10,12H,7-8,11,13H2,1H3,(H,29,30,31). The van der Waals surface area contributed by atoms with Crippen LogP contribution in [0.3, 0.4) is 0 Å². The van der Waals surface area contributed by atoms with Gasteiger partial charge in [0.15, 0.2) is 0 Å². The molecule has 1 N–H and O–H groups in total. The SMILES string of the molecule is CN1Cc2cc(Nc3ncc4c(=O)n(-c5c(Cl)cccc5Cl)cc(Br)c4n3)ccc2C2(CC2)C1. The Hall–Kier alpha value is -2.45. The normalized spacial score (nSPS) is 16.6. The van der Waals surface area contributed by atoms with Gasteiger partial charge in [0.25, 0.3) is 5.56 Å². The Morgan fingerprint density at radius 3 is 2.65 bits per heavy atom. The fraction of sp³-hybridized carbons (Fsp3) is 0.240. The molecule has 2 aliphatic rings. The Kier molecular flexibility index (Phi) is 5.22. The van der Waals surface area contributed by atoms with Crippen LogP contribution in [0.25, 0.3) is 16.6 Å². The zero-order valence-electron chi connectivity index (χ0n) is 18.3. The van der Waals surface area contributed by atoms with E-state index in [1.807, 2.05) is 0 Å². The molecular weight excluding hydrogens is 537 g/mol. The number of anilines is 2. The predicted octanol–water partition coefficient (Wildman–Crippen LogP) is 6.07. The number of pyridine rings is 1. The molecular formula is C25H20BrCl2N5O. The van der Waals surface area contributed by atoms with Crippen LogP contribution >= 0.6 is 39.1 Å². The van der Waals surface area contributed by atoms with Gasteiger partial charge in [-0.3, -0.25) is 9.36 Å². The zero-order valence-corrected chi connectivity index (χ0v) is 21.4. The highest BCUT2D eigenvalue weighted by Gasteiger charge is 2.48. The van der Waals surface area contributed by atoms with E-state index in [1.54, 1.807) is 24.4 Å². The molecule has 172 valence electrons. The number of nitrogens with zero attached hydrogens (tertiary/aromatic N) is 4. The molecule has 6 rings (SSSR count). The molecule has 0 amide bonds. The van der Waals surface area contributed by atoms with Gasteiger partial charge in [0.2, 0.25) is 5.95 Å². The molecule has 0 atom stereocenters. The molecule has 9 heteroatoms. The first-order valence-electron chi connectivity index (χ1n) is 11.0. The molecule has 4 aromatic rings. The van der Waals surface area contributed by atoms with Crippen molar-refractivity contribution in [1.82, 2.24) is 19.4 Å². The van der Waals surface area contributed by atoms with E-state index in [0.717, 1.165) is 18.8 Å². The second-order valence-electron chi connectivity index (χ2n) is 9.13. The van der Waals surface area contributed by atoms with Gasteiger partial charge in [0, 0.05) is 36.6 Å². The smallest absolute Gasteiger partial charge is 0.266 e. The number of halogens is 3. The number of hydrogen-bond donors (Lipinski definition) is 1. The van der Waals surface area contributed by atoms with Crippen LogP contribution < -0.4 is 10.9 Å². The molecule has 1 spiro atoms. The average Bonchev–Trinajstić information content (AvgIpc) is 3.56. The number of likely N-dealkylation sites (N-methyl/N-ethyl adjacent to an activating group) is 1. The van der Waals surface area contributed by atoms with E-state index >= 15 is 0 Å². The lowest BCUT2D eigenvalue weighted by Gasteiger charge is -2.32. The highest BCUT2D eigenvalue weighted by Crippen LogP contribution is 2.52. The van der Waals surface area contributed by atoms with E-state index in [-0.39, 0.29) is 5.56 Å². The fourth-order valence-corrected chi connectivity index (χ4v) is 6.09. The van der Waals surface area contributed by atoms with Crippen molar-refractivity contribution in [2.45, 2.75) is 24.8 Å². The summed E-state index contributed by atoms with van der Waals surface area (Å²) in [4.78, 5) is 24.7. The molecule has 1 saturated carbocycles. The van der Waals surface area contributed by atoms with Crippen molar-refractivity contribution in [2.75, 3.05) is 18.9 Å². The van der Waals surface area contributed by atoms with Gasteiger partial charge in [-0.05, 0) is 71.2 Å². The van der Waals surface area contributed by atoms with Gasteiger partial charge in [0.05, 0.1) is 31.1 Å². The van der Waals surface area contributed by atoms with E-state index in [4.69, 9.17) is 23.2 Å². The number of para-hydroxylation sites is 1. The lowest BCUT2D eigenvalue weighted by molar-refractivity contribution is 0.271. The molecule has 1 fully saturated rings. The molecule has 2 aromatic heterocycles. The molecule has 34 heavy (non-hydrogen) atoms. The number of benzene rings is 2. The molecule has 1 aliphatic heterocycles. The second kappa shape index (κ2) is 8.05. The van der Waals surface area contributed by atoms with E-state index < -0.39 is 0 Å². The Morgan fingerprint density at radius 2 is 1.91 bits per heavy atom. The van der Waals surface area contributed by atoms with Crippen molar-refractivity contribution in [3.05, 3.63) is 84.8 Å². The minimum absolute atomic E-state index is 0.300. The molecule has 0 bridgehead atoms. The first kappa shape index (κ1) is 22.0. The lowest BCUT2D eigenvalue weighted by atomic mass is 9.87. The molecule has 0 saturated heterocycles. The number of aromatic nitrogens is 3. The van der Waals surface area contributed by atoms with Gasteiger partial charge in [-0.25, -0.2) is 9.97 Å². The summed E-state index contributed by atoms with van der Waals surface area (Å²) in [5.74, 6) is 0.423. The maximum Gasteiger partial charge on any atom is 0.266 e. The second-order valence-corrected chi connectivity index (χ2v) is 10.8. The van der Waals surface area contributed by atoms with Crippen molar-refractivity contribution in [3.8, 4) is 5.69 Å². The summed E-state index contributed by atoms with van der Waals surface area (Å²) in [7, 11) is 2.18. The minimum Gasteiger partial charge on any atom is -0.324 e. The van der Waals surface area contributed by atoms with Crippen LogP contribution in [0.4, 0.5) is 11.6 Å². The van der Waals surface area contributed by atoms with Crippen LogP contribution in [0.2, 0.25) is 10.0 Å². The monoisotopic (exact) mass is 555 g/mol. The first-order valence-corrected chi connectivity index (χ1v) is 12.5. The van der Waals surface area contributed by atoms with Gasteiger partial charge >= 0.3 is 0 Å². The Morgan fingerprint density at radius 1 is 1.15 bits per heavy atom. The van der Waals surface area contributed by atoms with Crippen molar-refractivity contribution in [3.63, 3.8) is 0 Å². The van der Waals surface area contributed by atoms with Crippen LogP contribution in [0.15, 0.2) is 58.1 Å². The number of fused-ring (bicyclic) bond motifs is 3. The van der Waals surface area contributed by atoms with Crippen molar-refractivity contribution >= 4 is 61.7 Å². The van der Waals surface area contributed by atoms with Crippen molar-refractivity contribution in [2.24, 2.45) is 0 Å². The van der Waals surface area contributed by atoms with Crippen LogP contribution in [0.5, 0.6) is 0 Å². The maximum absolute atomic E-state index is 13.2. The third-order valence-electron chi connectivity index (χ3n) is 6.68. The third kappa shape index (κ3) is 3.62. The first-order chi connectivity index (χ1) is 16.3. The molecule has 2 aromatic carbocycles. The number of rotatable bonds is 3. The van der Waals surface area contributed by atoms with Crippen LogP contribution in [-0.4, -0.2) is 33.0 Å². The van der Waals surface area contributed by atoms with Gasteiger partial charge in [-0.15, -0.1) is 0 Å². The van der Waals surface area contributed by atoms with Crippen LogP contribution in [-0.2, 0) is 12.0 Å². The molecule has 6 nitrogen and oxygen atoms in total. The summed E-state index contributed by atoms with van der Waals surface area (Å²) in [6, 6.07) is 11.6. The predicted molar refractivity (Wildman–Crippen MR) is 140 cm³/mol. The molecule has 1 aliphatic carbocycles. The summed E-state index contributed by atoms with van der Waals surface area (Å²) in [6.45, 7) is 2.06. The van der Waals surface area contributed by atoms with Crippen molar-refractivity contribution in [1.29, 1.82) is 0 Å². The Labute approximate surface area is 214 Å². The molecule has 0 unspecified atom stereocenters. The van der Waals surface area contributed by atoms with Gasteiger partial charge in [0.1, 0.15) is 0 Å². The molecule has 0 radical (unpaired) electrons. The van der Waals surface area contributed by atoms with Crippen LogP contribution in [0, 0.1) is 0 Å². The Bertz CT molecular complexity index is 1510. The fourth-order valence-electron chi connectivity index (χ4n) is 5.00. The summed E-state index contributed by atoms with van der Waals surface area (Å²) in [6.07, 6.45) is 5.69. The number of nitrogens with one attached hydrogen (secondary N) is 1. The minimum atomic E-state index is -0.300.